The Balaban J connectivity index is 0.00000392. The van der Waals surface area contributed by atoms with Crippen LogP contribution in [0, 0.1) is 6.92 Å². The highest BCUT2D eigenvalue weighted by atomic mass is 127. The van der Waals surface area contributed by atoms with Gasteiger partial charge in [0, 0.05) is 33.5 Å². The van der Waals surface area contributed by atoms with Crippen molar-refractivity contribution in [1.29, 1.82) is 0 Å². The summed E-state index contributed by atoms with van der Waals surface area (Å²) < 4.78 is 28.7. The lowest BCUT2D eigenvalue weighted by atomic mass is 10.1. The maximum Gasteiger partial charge on any atom is 0.191 e. The molecule has 2 N–H and O–H groups in total. The van der Waals surface area contributed by atoms with E-state index in [0.717, 1.165) is 22.3 Å². The van der Waals surface area contributed by atoms with Crippen molar-refractivity contribution in [2.75, 3.05) is 20.4 Å². The molecule has 0 atom stereocenters. The molecule has 0 aliphatic rings. The molecule has 0 fully saturated rings. The molecule has 0 radical (unpaired) electrons. The minimum absolute atomic E-state index is 0. The van der Waals surface area contributed by atoms with Crippen molar-refractivity contribution >= 4 is 39.8 Å². The maximum absolute atomic E-state index is 11.7. The van der Waals surface area contributed by atoms with Crippen LogP contribution < -0.4 is 10.6 Å². The predicted molar refractivity (Wildman–Crippen MR) is 124 cm³/mol. The first-order valence-corrected chi connectivity index (χ1v) is 10.5. The quantitative estimate of drug-likeness (QED) is 0.336. The Morgan fingerprint density at radius 2 is 1.71 bits per heavy atom. The average molecular weight is 517 g/mol. The van der Waals surface area contributed by atoms with Gasteiger partial charge in [0.25, 0.3) is 0 Å². The van der Waals surface area contributed by atoms with Gasteiger partial charge in [-0.1, -0.05) is 36.4 Å². The number of nitrogens with zero attached hydrogens (tertiary/aromatic N) is 1. The summed E-state index contributed by atoms with van der Waals surface area (Å²) in [5.74, 6) is 0.673. The summed E-state index contributed by atoms with van der Waals surface area (Å²) in [5, 5.41) is 6.54. The third-order valence-corrected chi connectivity index (χ3v) is 5.44. The minimum Gasteiger partial charge on any atom is -0.380 e. The van der Waals surface area contributed by atoms with Crippen LogP contribution in [0.5, 0.6) is 0 Å². The standard InChI is InChI=1S/C20H27N3O3S.HI/c1-15-11-16(9-10-19(15)27(4,24)25)12-22-20(21-2)23-13-17-7-5-6-8-18(17)14-26-3;/h5-11H,12-14H2,1-4H3,(H2,21,22,23);1H. The smallest absolute Gasteiger partial charge is 0.191 e. The van der Waals surface area contributed by atoms with E-state index >= 15 is 0 Å². The maximum atomic E-state index is 11.7. The van der Waals surface area contributed by atoms with Gasteiger partial charge in [-0.25, -0.2) is 8.42 Å². The SMILES string of the molecule is CN=C(NCc1ccc(S(C)(=O)=O)c(C)c1)NCc1ccccc1COC.I. The van der Waals surface area contributed by atoms with E-state index in [9.17, 15) is 8.42 Å². The fourth-order valence-corrected chi connectivity index (χ4v) is 3.81. The monoisotopic (exact) mass is 517 g/mol. The normalized spacial score (nSPS) is 11.6. The first kappa shape index (κ1) is 24.4. The van der Waals surface area contributed by atoms with Crippen LogP contribution in [-0.4, -0.2) is 34.8 Å². The Kier molecular flexibility index (Phi) is 9.91. The van der Waals surface area contributed by atoms with Crippen LogP contribution in [0.1, 0.15) is 22.3 Å². The fraction of sp³-hybridized carbons (Fsp3) is 0.350. The van der Waals surface area contributed by atoms with Gasteiger partial charge in [-0.15, -0.1) is 24.0 Å². The third kappa shape index (κ3) is 7.06. The van der Waals surface area contributed by atoms with E-state index in [1.165, 1.54) is 6.26 Å². The molecule has 0 saturated carbocycles. The second-order valence-electron chi connectivity index (χ2n) is 6.35. The van der Waals surface area contributed by atoms with Crippen LogP contribution in [0.3, 0.4) is 0 Å². The molecule has 154 valence electrons. The van der Waals surface area contributed by atoms with E-state index in [-0.39, 0.29) is 24.0 Å². The Labute approximate surface area is 184 Å². The molecular weight excluding hydrogens is 489 g/mol. The zero-order chi connectivity index (χ0) is 19.9. The number of guanidine groups is 1. The van der Waals surface area contributed by atoms with Crippen LogP contribution in [-0.2, 0) is 34.3 Å². The summed E-state index contributed by atoms with van der Waals surface area (Å²) in [4.78, 5) is 4.60. The lowest BCUT2D eigenvalue weighted by Crippen LogP contribution is -2.36. The lowest BCUT2D eigenvalue weighted by molar-refractivity contribution is 0.184. The molecule has 0 heterocycles. The van der Waals surface area contributed by atoms with Gasteiger partial charge in [-0.3, -0.25) is 4.99 Å². The second kappa shape index (κ2) is 11.4. The Morgan fingerprint density at radius 3 is 2.29 bits per heavy atom. The Hall–Kier alpha value is -1.65. The van der Waals surface area contributed by atoms with Crippen LogP contribution in [0.25, 0.3) is 0 Å². The van der Waals surface area contributed by atoms with E-state index in [1.54, 1.807) is 27.1 Å². The van der Waals surface area contributed by atoms with Gasteiger partial charge in [0.05, 0.1) is 11.5 Å². The highest BCUT2D eigenvalue weighted by Crippen LogP contribution is 2.16. The fourth-order valence-electron chi connectivity index (χ4n) is 2.85. The number of nitrogens with one attached hydrogen (secondary N) is 2. The molecule has 0 aliphatic heterocycles. The van der Waals surface area contributed by atoms with Crippen molar-refractivity contribution in [3.05, 3.63) is 64.7 Å². The molecule has 0 saturated heterocycles. The number of aryl methyl sites for hydroxylation is 1. The summed E-state index contributed by atoms with van der Waals surface area (Å²) in [5.41, 5.74) is 4.02. The molecule has 0 amide bonds. The molecule has 8 heteroatoms. The predicted octanol–water partition coefficient (Wildman–Crippen LogP) is 3.03. The molecule has 0 aromatic heterocycles. The number of hydrogen-bond donors (Lipinski definition) is 2. The van der Waals surface area contributed by atoms with Gasteiger partial charge in [0.1, 0.15) is 0 Å². The topological polar surface area (TPSA) is 79.8 Å². The number of aliphatic imine (C=N–C) groups is 1. The van der Waals surface area contributed by atoms with Gasteiger partial charge in [0.2, 0.25) is 0 Å². The van der Waals surface area contributed by atoms with Gasteiger partial charge in [-0.05, 0) is 35.2 Å². The highest BCUT2D eigenvalue weighted by molar-refractivity contribution is 14.0. The van der Waals surface area contributed by atoms with Gasteiger partial charge in [0.15, 0.2) is 15.8 Å². The summed E-state index contributed by atoms with van der Waals surface area (Å²) >= 11 is 0. The second-order valence-corrected chi connectivity index (χ2v) is 8.34. The number of sulfone groups is 1. The Morgan fingerprint density at radius 1 is 1.07 bits per heavy atom. The van der Waals surface area contributed by atoms with Crippen molar-refractivity contribution in [1.82, 2.24) is 10.6 Å². The number of rotatable bonds is 7. The molecule has 0 unspecified atom stereocenters. The molecule has 28 heavy (non-hydrogen) atoms. The zero-order valence-electron chi connectivity index (χ0n) is 16.7. The number of benzene rings is 2. The first-order chi connectivity index (χ1) is 12.8. The van der Waals surface area contributed by atoms with Crippen LogP contribution in [0.15, 0.2) is 52.4 Å². The largest absolute Gasteiger partial charge is 0.380 e. The van der Waals surface area contributed by atoms with Gasteiger partial charge >= 0.3 is 0 Å². The number of ether oxygens (including phenoxy) is 1. The van der Waals surface area contributed by atoms with Crippen LogP contribution in [0.2, 0.25) is 0 Å². The number of hydrogen-bond acceptors (Lipinski definition) is 4. The number of methoxy groups -OCH3 is 1. The molecular formula is C20H28IN3O3S. The summed E-state index contributed by atoms with van der Waals surface area (Å²) in [6.07, 6.45) is 1.22. The molecule has 6 nitrogen and oxygen atoms in total. The molecule has 0 bridgehead atoms. The van der Waals surface area contributed by atoms with Gasteiger partial charge in [-0.2, -0.15) is 0 Å². The summed E-state index contributed by atoms with van der Waals surface area (Å²) in [6.45, 7) is 3.55. The first-order valence-electron chi connectivity index (χ1n) is 8.65. The van der Waals surface area contributed by atoms with Crippen molar-refractivity contribution in [2.24, 2.45) is 4.99 Å². The highest BCUT2D eigenvalue weighted by Gasteiger charge is 2.11. The van der Waals surface area contributed by atoms with E-state index in [4.69, 9.17) is 4.74 Å². The molecule has 0 spiro atoms. The van der Waals surface area contributed by atoms with E-state index < -0.39 is 9.84 Å². The van der Waals surface area contributed by atoms with Crippen molar-refractivity contribution < 1.29 is 13.2 Å². The van der Waals surface area contributed by atoms with E-state index in [2.05, 4.69) is 21.7 Å². The lowest BCUT2D eigenvalue weighted by Gasteiger charge is -2.14. The summed E-state index contributed by atoms with van der Waals surface area (Å²) in [6, 6.07) is 13.4. The minimum atomic E-state index is -3.20. The van der Waals surface area contributed by atoms with Crippen molar-refractivity contribution in [3.8, 4) is 0 Å². The van der Waals surface area contributed by atoms with E-state index in [0.29, 0.717) is 30.6 Å². The molecule has 2 aromatic rings. The van der Waals surface area contributed by atoms with Gasteiger partial charge < -0.3 is 15.4 Å². The average Bonchev–Trinajstić information content (AvgIpc) is 2.62. The van der Waals surface area contributed by atoms with Crippen LogP contribution >= 0.6 is 24.0 Å². The van der Waals surface area contributed by atoms with Crippen molar-refractivity contribution in [2.45, 2.75) is 31.5 Å². The van der Waals surface area contributed by atoms with E-state index in [1.807, 2.05) is 30.3 Å². The number of halogens is 1. The molecule has 2 rings (SSSR count). The summed E-state index contributed by atoms with van der Waals surface area (Å²) in [7, 11) is 0.198. The zero-order valence-corrected chi connectivity index (χ0v) is 19.8. The van der Waals surface area contributed by atoms with Crippen LogP contribution in [0.4, 0.5) is 0 Å². The van der Waals surface area contributed by atoms with Crippen molar-refractivity contribution in [3.63, 3.8) is 0 Å². The molecule has 0 aliphatic carbocycles. The third-order valence-electron chi connectivity index (χ3n) is 4.19. The molecule has 2 aromatic carbocycles. The Bertz CT molecular complexity index is 915.